The lowest BCUT2D eigenvalue weighted by molar-refractivity contribution is -0.176. The topological polar surface area (TPSA) is 50.8 Å². The molecule has 1 N–H and O–H groups in total. The molecule has 0 aromatic carbocycles. The van der Waals surface area contributed by atoms with Crippen LogP contribution < -0.4 is 5.32 Å². The number of carbonyl (C=O) groups excluding carboxylic acids is 1. The van der Waals surface area contributed by atoms with Gasteiger partial charge in [0.1, 0.15) is 0 Å². The smallest absolute Gasteiger partial charge is 0.236 e. The predicted octanol–water partition coefficient (Wildman–Crippen LogP) is 2.09. The highest BCUT2D eigenvalue weighted by molar-refractivity contribution is 5.85. The first-order chi connectivity index (χ1) is 10.1. The fraction of sp³-hybridized carbons (Fsp3) is 0.938. The van der Waals surface area contributed by atoms with Crippen LogP contribution in [0.4, 0.5) is 0 Å². The van der Waals surface area contributed by atoms with Gasteiger partial charge in [-0.15, -0.1) is 12.4 Å². The van der Waals surface area contributed by atoms with Gasteiger partial charge in [0.05, 0.1) is 19.3 Å². The maximum absolute atomic E-state index is 12.3. The molecule has 5 nitrogen and oxygen atoms in total. The number of halogens is 1. The Kier molecular flexibility index (Phi) is 10.3. The molecule has 0 heterocycles. The lowest BCUT2D eigenvalue weighted by Crippen LogP contribution is -2.65. The zero-order valence-electron chi connectivity index (χ0n) is 14.7. The second kappa shape index (κ2) is 10.4. The molecule has 1 amide bonds. The number of nitrogens with zero attached hydrogens (tertiary/aromatic N) is 1. The summed E-state index contributed by atoms with van der Waals surface area (Å²) in [6, 6.07) is 0.292. The summed E-state index contributed by atoms with van der Waals surface area (Å²) in [5.74, 6) is 0.150. The van der Waals surface area contributed by atoms with E-state index in [2.05, 4.69) is 19.2 Å². The first-order valence-electron chi connectivity index (χ1n) is 8.14. The van der Waals surface area contributed by atoms with E-state index >= 15 is 0 Å². The van der Waals surface area contributed by atoms with Crippen LogP contribution in [0.15, 0.2) is 0 Å². The van der Waals surface area contributed by atoms with Crippen LogP contribution in [0.2, 0.25) is 0 Å². The summed E-state index contributed by atoms with van der Waals surface area (Å²) in [6.07, 6.45) is 3.34. The van der Waals surface area contributed by atoms with Crippen LogP contribution in [0.25, 0.3) is 0 Å². The average molecular weight is 337 g/mol. The summed E-state index contributed by atoms with van der Waals surface area (Å²) in [7, 11) is 3.59. The van der Waals surface area contributed by atoms with Gasteiger partial charge in [-0.3, -0.25) is 4.79 Å². The van der Waals surface area contributed by atoms with Gasteiger partial charge >= 0.3 is 0 Å². The standard InChI is InChI=1S/C16H32N2O3.ClH/c1-6-16(7-2)13(11-14(16)21-8-3)18(4)15(19)12-17-9-10-20-5;/h13-14,17H,6-12H2,1-5H3;1H. The third-order valence-corrected chi connectivity index (χ3v) is 5.05. The fourth-order valence-corrected chi connectivity index (χ4v) is 3.55. The largest absolute Gasteiger partial charge is 0.383 e. The molecule has 1 aliphatic carbocycles. The molecule has 0 spiro atoms. The van der Waals surface area contributed by atoms with E-state index in [0.29, 0.717) is 31.8 Å². The summed E-state index contributed by atoms with van der Waals surface area (Å²) in [5, 5.41) is 3.12. The van der Waals surface area contributed by atoms with E-state index in [1.807, 2.05) is 18.9 Å². The summed E-state index contributed by atoms with van der Waals surface area (Å²) in [6.45, 7) is 8.90. The van der Waals surface area contributed by atoms with Crippen LogP contribution in [0.3, 0.4) is 0 Å². The van der Waals surface area contributed by atoms with Crippen molar-refractivity contribution in [2.24, 2.45) is 5.41 Å². The molecule has 22 heavy (non-hydrogen) atoms. The third-order valence-electron chi connectivity index (χ3n) is 5.05. The number of hydrogen-bond donors (Lipinski definition) is 1. The Balaban J connectivity index is 0.00000441. The number of rotatable bonds is 10. The van der Waals surface area contributed by atoms with Gasteiger partial charge in [0.25, 0.3) is 0 Å². The van der Waals surface area contributed by atoms with Gasteiger partial charge in [0.2, 0.25) is 5.91 Å². The van der Waals surface area contributed by atoms with Gasteiger partial charge in [-0.1, -0.05) is 13.8 Å². The van der Waals surface area contributed by atoms with Gasteiger partial charge in [-0.2, -0.15) is 0 Å². The number of ether oxygens (including phenoxy) is 2. The number of carbonyl (C=O) groups is 1. The van der Waals surface area contributed by atoms with Gasteiger partial charge in [0.15, 0.2) is 0 Å². The van der Waals surface area contributed by atoms with Crippen LogP contribution >= 0.6 is 12.4 Å². The van der Waals surface area contributed by atoms with Crippen molar-refractivity contribution >= 4 is 18.3 Å². The minimum Gasteiger partial charge on any atom is -0.383 e. The predicted molar refractivity (Wildman–Crippen MR) is 91.6 cm³/mol. The molecule has 132 valence electrons. The number of methoxy groups -OCH3 is 1. The van der Waals surface area contributed by atoms with E-state index in [1.165, 1.54) is 0 Å². The molecule has 0 radical (unpaired) electrons. The van der Waals surface area contributed by atoms with Crippen molar-refractivity contribution in [3.05, 3.63) is 0 Å². The molecule has 2 atom stereocenters. The number of amides is 1. The van der Waals surface area contributed by atoms with Crippen molar-refractivity contribution in [2.45, 2.75) is 52.2 Å². The van der Waals surface area contributed by atoms with Crippen molar-refractivity contribution in [1.82, 2.24) is 10.2 Å². The van der Waals surface area contributed by atoms with Crippen LogP contribution in [-0.4, -0.2) is 63.4 Å². The monoisotopic (exact) mass is 336 g/mol. The van der Waals surface area contributed by atoms with Gasteiger partial charge in [-0.05, 0) is 26.2 Å². The van der Waals surface area contributed by atoms with Crippen molar-refractivity contribution in [2.75, 3.05) is 40.5 Å². The molecule has 0 saturated heterocycles. The second-order valence-electron chi connectivity index (χ2n) is 5.81. The molecular weight excluding hydrogens is 304 g/mol. The maximum Gasteiger partial charge on any atom is 0.236 e. The molecule has 1 rings (SSSR count). The SMILES string of the molecule is CCOC1CC(N(C)C(=O)CNCCOC)C1(CC)CC.Cl. The summed E-state index contributed by atoms with van der Waals surface area (Å²) in [5.41, 5.74) is 0.118. The van der Waals surface area contributed by atoms with Crippen molar-refractivity contribution < 1.29 is 14.3 Å². The minimum atomic E-state index is 0. The van der Waals surface area contributed by atoms with E-state index in [0.717, 1.165) is 25.9 Å². The third kappa shape index (κ3) is 4.57. The summed E-state index contributed by atoms with van der Waals surface area (Å²) in [4.78, 5) is 14.2. The first-order valence-corrected chi connectivity index (χ1v) is 8.14. The van der Waals surface area contributed by atoms with E-state index in [-0.39, 0.29) is 23.7 Å². The Hall–Kier alpha value is -0.360. The Morgan fingerprint density at radius 2 is 1.95 bits per heavy atom. The number of nitrogens with one attached hydrogen (secondary N) is 1. The Bertz CT molecular complexity index is 325. The van der Waals surface area contributed by atoms with Crippen molar-refractivity contribution in [3.8, 4) is 0 Å². The van der Waals surface area contributed by atoms with Crippen LogP contribution in [-0.2, 0) is 14.3 Å². The molecule has 0 aromatic heterocycles. The molecule has 6 heteroatoms. The lowest BCUT2D eigenvalue weighted by Gasteiger charge is -2.58. The van der Waals surface area contributed by atoms with E-state index in [9.17, 15) is 4.79 Å². The molecule has 2 unspecified atom stereocenters. The zero-order chi connectivity index (χ0) is 15.9. The quantitative estimate of drug-likeness (QED) is 0.621. The molecule has 1 saturated carbocycles. The van der Waals surface area contributed by atoms with Crippen molar-refractivity contribution in [3.63, 3.8) is 0 Å². The van der Waals surface area contributed by atoms with Crippen molar-refractivity contribution in [1.29, 1.82) is 0 Å². The summed E-state index contributed by atoms with van der Waals surface area (Å²) >= 11 is 0. The minimum absolute atomic E-state index is 0. The fourth-order valence-electron chi connectivity index (χ4n) is 3.55. The molecule has 0 aromatic rings. The Morgan fingerprint density at radius 3 is 2.45 bits per heavy atom. The number of hydrogen-bond acceptors (Lipinski definition) is 4. The van der Waals surface area contributed by atoms with Gasteiger partial charge in [-0.25, -0.2) is 0 Å². The van der Waals surface area contributed by atoms with E-state index < -0.39 is 0 Å². The Labute approximate surface area is 141 Å². The highest BCUT2D eigenvalue weighted by atomic mass is 35.5. The molecular formula is C16H33ClN2O3. The van der Waals surface area contributed by atoms with Gasteiger partial charge in [0, 0.05) is 38.8 Å². The Morgan fingerprint density at radius 1 is 1.32 bits per heavy atom. The second-order valence-corrected chi connectivity index (χ2v) is 5.81. The molecule has 1 fully saturated rings. The summed E-state index contributed by atoms with van der Waals surface area (Å²) < 4.78 is 10.8. The molecule has 0 aliphatic heterocycles. The van der Waals surface area contributed by atoms with Gasteiger partial charge < -0.3 is 19.7 Å². The molecule has 1 aliphatic rings. The average Bonchev–Trinajstić information content (AvgIpc) is 2.48. The van der Waals surface area contributed by atoms with Crippen LogP contribution in [0.1, 0.15) is 40.0 Å². The molecule has 0 bridgehead atoms. The zero-order valence-corrected chi connectivity index (χ0v) is 15.5. The lowest BCUT2D eigenvalue weighted by atomic mass is 9.58. The number of likely N-dealkylation sites (N-methyl/N-ethyl adjacent to an activating group) is 1. The van der Waals surface area contributed by atoms with E-state index in [4.69, 9.17) is 9.47 Å². The van der Waals surface area contributed by atoms with Crippen LogP contribution in [0, 0.1) is 5.41 Å². The first kappa shape index (κ1) is 21.6. The van der Waals surface area contributed by atoms with Crippen LogP contribution in [0.5, 0.6) is 0 Å². The highest BCUT2D eigenvalue weighted by Gasteiger charge is 2.55. The normalized spacial score (nSPS) is 22.6. The maximum atomic E-state index is 12.3. The van der Waals surface area contributed by atoms with E-state index in [1.54, 1.807) is 7.11 Å². The highest BCUT2D eigenvalue weighted by Crippen LogP contribution is 2.51.